The van der Waals surface area contributed by atoms with Gasteiger partial charge in [-0.3, -0.25) is 24.0 Å². The molecule has 3 aromatic carbocycles. The molecule has 2 amide bonds. The number of nitro benzene ring substituents is 1. The van der Waals surface area contributed by atoms with Crippen molar-refractivity contribution in [1.82, 2.24) is 10.2 Å². The highest BCUT2D eigenvalue weighted by atomic mass is 35.5. The molecule has 0 spiro atoms. The maximum Gasteiger partial charge on any atom is 0.273 e. The largest absolute Gasteiger partial charge is 0.497 e. The fourth-order valence-electron chi connectivity index (χ4n) is 5.34. The van der Waals surface area contributed by atoms with Crippen LogP contribution in [0.1, 0.15) is 50.2 Å². The van der Waals surface area contributed by atoms with Gasteiger partial charge in [-0.05, 0) is 74.7 Å². The Hall–Kier alpha value is -3.87. The van der Waals surface area contributed by atoms with E-state index in [4.69, 9.17) is 27.9 Å². The van der Waals surface area contributed by atoms with Gasteiger partial charge in [0.2, 0.25) is 11.8 Å². The van der Waals surface area contributed by atoms with Crippen molar-refractivity contribution in [3.05, 3.63) is 92.0 Å². The first kappa shape index (κ1) is 35.0. The number of halogens is 2. The zero-order valence-electron chi connectivity index (χ0n) is 25.7. The van der Waals surface area contributed by atoms with Gasteiger partial charge in [-0.2, -0.15) is 0 Å². The summed E-state index contributed by atoms with van der Waals surface area (Å²) < 4.78 is 34.4. The molecule has 246 valence electrons. The number of nitrogens with zero attached hydrogens (tertiary/aromatic N) is 3. The lowest BCUT2D eigenvalue weighted by atomic mass is 9.95. The van der Waals surface area contributed by atoms with Crippen molar-refractivity contribution >= 4 is 56.4 Å². The highest BCUT2D eigenvalue weighted by Crippen LogP contribution is 2.30. The summed E-state index contributed by atoms with van der Waals surface area (Å²) in [6, 6.07) is 13.3. The number of aryl methyl sites for hydroxylation is 1. The number of benzene rings is 3. The second-order valence-electron chi connectivity index (χ2n) is 11.2. The molecule has 0 heterocycles. The molecular weight excluding hydrogens is 655 g/mol. The summed E-state index contributed by atoms with van der Waals surface area (Å²) in [5, 5.41) is 15.4. The predicted octanol–water partition coefficient (Wildman–Crippen LogP) is 6.28. The summed E-state index contributed by atoms with van der Waals surface area (Å²) in [5.41, 5.74) is 0.514. The maximum absolute atomic E-state index is 14.2. The normalized spacial score (nSPS) is 14.3. The standard InChI is InChI=1S/C32H36Cl2N4O7S/c1-21-9-16-28(18-30(21)38(41)42)46(43,44)37(26-12-14-27(45-3)15-13-26)20-31(39)36(19-23-10-11-24(33)17-29(23)34)22(2)32(40)35-25-7-5-4-6-8-25/h9-18,22,25H,4-8,19-20H2,1-3H3,(H,35,40)/t22-/m1/s1. The van der Waals surface area contributed by atoms with E-state index >= 15 is 0 Å². The Bertz CT molecular complexity index is 1700. The summed E-state index contributed by atoms with van der Waals surface area (Å²) in [7, 11) is -3.08. The number of hydrogen-bond acceptors (Lipinski definition) is 7. The minimum Gasteiger partial charge on any atom is -0.497 e. The molecular formula is C32H36Cl2N4O7S. The van der Waals surface area contributed by atoms with E-state index in [1.165, 1.54) is 61.4 Å². The van der Waals surface area contributed by atoms with Gasteiger partial charge in [-0.1, -0.05) is 54.6 Å². The van der Waals surface area contributed by atoms with Crippen LogP contribution in [-0.2, 0) is 26.2 Å². The molecule has 1 aliphatic rings. The van der Waals surface area contributed by atoms with E-state index in [0.29, 0.717) is 16.3 Å². The fraction of sp³-hybridized carbons (Fsp3) is 0.375. The molecule has 46 heavy (non-hydrogen) atoms. The molecule has 0 aromatic heterocycles. The number of nitro groups is 1. The Morgan fingerprint density at radius 1 is 1.04 bits per heavy atom. The number of methoxy groups -OCH3 is 1. The Morgan fingerprint density at radius 3 is 2.33 bits per heavy atom. The third kappa shape index (κ3) is 8.28. The third-order valence-corrected chi connectivity index (χ3v) is 10.4. The van der Waals surface area contributed by atoms with Gasteiger partial charge >= 0.3 is 0 Å². The number of sulfonamides is 1. The molecule has 4 rings (SSSR count). The molecule has 0 bridgehead atoms. The van der Waals surface area contributed by atoms with Crippen molar-refractivity contribution in [3.8, 4) is 5.75 Å². The number of hydrogen-bond donors (Lipinski definition) is 1. The van der Waals surface area contributed by atoms with Crippen molar-refractivity contribution in [2.75, 3.05) is 18.0 Å². The van der Waals surface area contributed by atoms with E-state index in [2.05, 4.69) is 5.32 Å². The summed E-state index contributed by atoms with van der Waals surface area (Å²) in [6.07, 6.45) is 4.76. The molecule has 0 radical (unpaired) electrons. The van der Waals surface area contributed by atoms with Gasteiger partial charge in [0.15, 0.2) is 0 Å². The van der Waals surface area contributed by atoms with Gasteiger partial charge < -0.3 is 15.0 Å². The lowest BCUT2D eigenvalue weighted by Crippen LogP contribution is -2.53. The van der Waals surface area contributed by atoms with Crippen molar-refractivity contribution in [1.29, 1.82) is 0 Å². The number of anilines is 1. The van der Waals surface area contributed by atoms with Gasteiger partial charge in [0, 0.05) is 34.3 Å². The molecule has 14 heteroatoms. The number of nitrogens with one attached hydrogen (secondary N) is 1. The zero-order chi connectivity index (χ0) is 33.6. The Balaban J connectivity index is 1.74. The quantitative estimate of drug-likeness (QED) is 0.174. The van der Waals surface area contributed by atoms with Gasteiger partial charge in [0.1, 0.15) is 18.3 Å². The maximum atomic E-state index is 14.2. The first-order chi connectivity index (χ1) is 21.8. The summed E-state index contributed by atoms with van der Waals surface area (Å²) in [4.78, 5) is 39.6. The summed E-state index contributed by atoms with van der Waals surface area (Å²) in [6.45, 7) is 2.25. The molecule has 1 fully saturated rings. The van der Waals surface area contributed by atoms with E-state index in [1.807, 2.05) is 0 Å². The van der Waals surface area contributed by atoms with E-state index < -0.39 is 33.4 Å². The Kier molecular flexibility index (Phi) is 11.5. The first-order valence-electron chi connectivity index (χ1n) is 14.8. The molecule has 1 atom stereocenters. The van der Waals surface area contributed by atoms with Crippen LogP contribution in [0.4, 0.5) is 11.4 Å². The highest BCUT2D eigenvalue weighted by molar-refractivity contribution is 7.92. The van der Waals surface area contributed by atoms with E-state index in [-0.39, 0.29) is 45.4 Å². The molecule has 0 aliphatic heterocycles. The minimum atomic E-state index is -4.53. The monoisotopic (exact) mass is 690 g/mol. The van der Waals surface area contributed by atoms with Crippen molar-refractivity contribution in [3.63, 3.8) is 0 Å². The number of carbonyl (C=O) groups excluding carboxylic acids is 2. The van der Waals surface area contributed by atoms with Crippen molar-refractivity contribution < 1.29 is 27.7 Å². The molecule has 0 saturated heterocycles. The second-order valence-corrected chi connectivity index (χ2v) is 13.9. The molecule has 0 unspecified atom stereocenters. The first-order valence-corrected chi connectivity index (χ1v) is 17.0. The smallest absolute Gasteiger partial charge is 0.273 e. The van der Waals surface area contributed by atoms with Crippen LogP contribution in [0.5, 0.6) is 5.75 Å². The van der Waals surface area contributed by atoms with Crippen LogP contribution in [0.3, 0.4) is 0 Å². The molecule has 1 aliphatic carbocycles. The number of carbonyl (C=O) groups is 2. The van der Waals surface area contributed by atoms with Crippen LogP contribution in [-0.4, -0.2) is 55.8 Å². The predicted molar refractivity (Wildman–Crippen MR) is 177 cm³/mol. The van der Waals surface area contributed by atoms with Gasteiger partial charge in [0.25, 0.3) is 15.7 Å². The lowest BCUT2D eigenvalue weighted by molar-refractivity contribution is -0.385. The fourth-order valence-corrected chi connectivity index (χ4v) is 7.24. The molecule has 1 saturated carbocycles. The molecule has 11 nitrogen and oxygen atoms in total. The van der Waals surface area contributed by atoms with E-state index in [1.54, 1.807) is 19.1 Å². The van der Waals surface area contributed by atoms with Crippen LogP contribution in [0.2, 0.25) is 10.0 Å². The number of rotatable bonds is 12. The summed E-state index contributed by atoms with van der Waals surface area (Å²) in [5.74, 6) is -0.623. The van der Waals surface area contributed by atoms with Crippen LogP contribution >= 0.6 is 23.2 Å². The molecule has 1 N–H and O–H groups in total. The second kappa shape index (κ2) is 15.1. The van der Waals surface area contributed by atoms with Crippen LogP contribution in [0.25, 0.3) is 0 Å². The average molecular weight is 692 g/mol. The Labute approximate surface area is 278 Å². The number of ether oxygens (including phenoxy) is 1. The Morgan fingerprint density at radius 2 is 1.72 bits per heavy atom. The number of amides is 2. The SMILES string of the molecule is COc1ccc(N(CC(=O)N(Cc2ccc(Cl)cc2Cl)[C@H](C)C(=O)NC2CCCCC2)S(=O)(=O)c2ccc(C)c([N+](=O)[O-])c2)cc1. The lowest BCUT2D eigenvalue weighted by Gasteiger charge is -2.33. The van der Waals surface area contributed by atoms with Gasteiger partial charge in [-0.15, -0.1) is 0 Å². The van der Waals surface area contributed by atoms with E-state index in [0.717, 1.165) is 42.5 Å². The molecule has 3 aromatic rings. The van der Waals surface area contributed by atoms with Crippen LogP contribution < -0.4 is 14.4 Å². The highest BCUT2D eigenvalue weighted by Gasteiger charge is 2.34. The van der Waals surface area contributed by atoms with Crippen LogP contribution in [0.15, 0.2) is 65.6 Å². The van der Waals surface area contributed by atoms with E-state index in [9.17, 15) is 28.1 Å². The average Bonchev–Trinajstić information content (AvgIpc) is 3.03. The van der Waals surface area contributed by atoms with Crippen LogP contribution in [0, 0.1) is 17.0 Å². The minimum absolute atomic E-state index is 0.0201. The zero-order valence-corrected chi connectivity index (χ0v) is 28.1. The van der Waals surface area contributed by atoms with Crippen molar-refractivity contribution in [2.24, 2.45) is 0 Å². The topological polar surface area (TPSA) is 139 Å². The van der Waals surface area contributed by atoms with Gasteiger partial charge in [-0.25, -0.2) is 8.42 Å². The van der Waals surface area contributed by atoms with Gasteiger partial charge in [0.05, 0.1) is 22.6 Å². The van der Waals surface area contributed by atoms with Crippen molar-refractivity contribution in [2.45, 2.75) is 69.5 Å². The third-order valence-electron chi connectivity index (χ3n) is 8.08. The summed E-state index contributed by atoms with van der Waals surface area (Å²) >= 11 is 12.5.